The second kappa shape index (κ2) is 2.38. The Morgan fingerprint density at radius 2 is 2.50 bits per heavy atom. The van der Waals surface area contributed by atoms with Gasteiger partial charge in [-0.15, -0.1) is 0 Å². The fourth-order valence-corrected chi connectivity index (χ4v) is 0.681. The van der Waals surface area contributed by atoms with E-state index >= 15 is 0 Å². The lowest BCUT2D eigenvalue weighted by Gasteiger charge is -1.87. The standard InChI is InChI=1S/C5H4ClFN2O/c1-9-5(7)3(2-8-9)4(6)10/h2H,1H3. The number of hydrogen-bond acceptors (Lipinski definition) is 2. The molecule has 1 rings (SSSR count). The highest BCUT2D eigenvalue weighted by molar-refractivity contribution is 6.67. The summed E-state index contributed by atoms with van der Waals surface area (Å²) in [5, 5.41) is 2.65. The van der Waals surface area contributed by atoms with Gasteiger partial charge in [-0.2, -0.15) is 9.49 Å². The van der Waals surface area contributed by atoms with E-state index in [4.69, 9.17) is 11.6 Å². The predicted molar refractivity (Wildman–Crippen MR) is 33.3 cm³/mol. The Morgan fingerprint density at radius 1 is 1.90 bits per heavy atom. The normalized spacial score (nSPS) is 9.90. The molecule has 0 aliphatic carbocycles. The number of halogens is 2. The van der Waals surface area contributed by atoms with E-state index < -0.39 is 11.2 Å². The lowest BCUT2D eigenvalue weighted by molar-refractivity contribution is 0.107. The molecule has 0 unspecified atom stereocenters. The van der Waals surface area contributed by atoms with Crippen LogP contribution in [0.4, 0.5) is 4.39 Å². The minimum atomic E-state index is -0.828. The van der Waals surface area contributed by atoms with Crippen LogP contribution >= 0.6 is 11.6 Å². The molecule has 0 radical (unpaired) electrons. The van der Waals surface area contributed by atoms with Crippen molar-refractivity contribution < 1.29 is 9.18 Å². The molecule has 1 aromatic heterocycles. The van der Waals surface area contributed by atoms with Gasteiger partial charge in [0.05, 0.1) is 6.20 Å². The van der Waals surface area contributed by atoms with Gasteiger partial charge in [0.15, 0.2) is 0 Å². The average Bonchev–Trinajstić information content (AvgIpc) is 2.14. The summed E-state index contributed by atoms with van der Waals surface area (Å²) < 4.78 is 13.5. The zero-order valence-electron chi connectivity index (χ0n) is 5.14. The van der Waals surface area contributed by atoms with Gasteiger partial charge in [0.1, 0.15) is 5.56 Å². The van der Waals surface area contributed by atoms with Crippen LogP contribution in [0.5, 0.6) is 0 Å². The van der Waals surface area contributed by atoms with Gasteiger partial charge in [-0.25, -0.2) is 4.68 Å². The van der Waals surface area contributed by atoms with Crippen molar-refractivity contribution in [3.63, 3.8) is 0 Å². The van der Waals surface area contributed by atoms with Crippen LogP contribution in [-0.4, -0.2) is 15.0 Å². The molecule has 3 nitrogen and oxygen atoms in total. The molecule has 0 N–H and O–H groups in total. The van der Waals surface area contributed by atoms with Crippen molar-refractivity contribution in [3.8, 4) is 0 Å². The maximum atomic E-state index is 12.6. The van der Waals surface area contributed by atoms with E-state index in [0.717, 1.165) is 10.9 Å². The second-order valence-corrected chi connectivity index (χ2v) is 2.09. The van der Waals surface area contributed by atoms with Crippen molar-refractivity contribution in [1.29, 1.82) is 0 Å². The molecule has 0 amide bonds. The van der Waals surface area contributed by atoms with Gasteiger partial charge in [-0.05, 0) is 11.6 Å². The van der Waals surface area contributed by atoms with Crippen LogP contribution in [0.15, 0.2) is 6.20 Å². The Morgan fingerprint density at radius 3 is 2.70 bits per heavy atom. The molecule has 54 valence electrons. The Labute approximate surface area is 61.4 Å². The number of aryl methyl sites for hydroxylation is 1. The fourth-order valence-electron chi connectivity index (χ4n) is 0.554. The molecule has 0 atom stereocenters. The van der Waals surface area contributed by atoms with Crippen LogP contribution in [0.1, 0.15) is 10.4 Å². The van der Waals surface area contributed by atoms with Gasteiger partial charge in [0.25, 0.3) is 5.24 Å². The van der Waals surface area contributed by atoms with Gasteiger partial charge in [0, 0.05) is 7.05 Å². The Kier molecular flexibility index (Phi) is 1.72. The first-order valence-corrected chi connectivity index (χ1v) is 2.88. The van der Waals surface area contributed by atoms with E-state index in [-0.39, 0.29) is 5.56 Å². The highest BCUT2D eigenvalue weighted by Gasteiger charge is 2.12. The second-order valence-electron chi connectivity index (χ2n) is 1.75. The summed E-state index contributed by atoms with van der Waals surface area (Å²) in [6.07, 6.45) is 1.09. The zero-order valence-corrected chi connectivity index (χ0v) is 5.89. The number of hydrogen-bond donors (Lipinski definition) is 0. The lowest BCUT2D eigenvalue weighted by Crippen LogP contribution is -1.97. The van der Waals surface area contributed by atoms with E-state index in [1.807, 2.05) is 0 Å². The third-order valence-electron chi connectivity index (χ3n) is 1.08. The summed E-state index contributed by atoms with van der Waals surface area (Å²) >= 11 is 4.99. The zero-order chi connectivity index (χ0) is 7.72. The summed E-state index contributed by atoms with van der Waals surface area (Å²) in [6, 6.07) is 0. The molecule has 0 saturated carbocycles. The summed E-state index contributed by atoms with van der Waals surface area (Å²) in [5.41, 5.74) is -0.191. The van der Waals surface area contributed by atoms with Gasteiger partial charge in [-0.3, -0.25) is 4.79 Å². The quantitative estimate of drug-likeness (QED) is 0.576. The molecule has 0 aliphatic heterocycles. The summed E-state index contributed by atoms with van der Waals surface area (Å²) in [5.74, 6) is -0.708. The first kappa shape index (κ1) is 7.21. The molecule has 0 spiro atoms. The highest BCUT2D eigenvalue weighted by atomic mass is 35.5. The first-order valence-electron chi connectivity index (χ1n) is 2.50. The van der Waals surface area contributed by atoms with Crippen LogP contribution < -0.4 is 0 Å². The van der Waals surface area contributed by atoms with E-state index in [2.05, 4.69) is 5.10 Å². The maximum absolute atomic E-state index is 12.6. The van der Waals surface area contributed by atoms with Crippen molar-refractivity contribution in [2.24, 2.45) is 7.05 Å². The number of carbonyl (C=O) groups is 1. The third-order valence-corrected chi connectivity index (χ3v) is 1.28. The minimum Gasteiger partial charge on any atom is -0.275 e. The highest BCUT2D eigenvalue weighted by Crippen LogP contribution is 2.07. The largest absolute Gasteiger partial charge is 0.275 e. The molecule has 0 aliphatic rings. The number of aromatic nitrogens is 2. The topological polar surface area (TPSA) is 34.9 Å². The molecule has 0 aromatic carbocycles. The van der Waals surface area contributed by atoms with Crippen LogP contribution in [0, 0.1) is 5.95 Å². The van der Waals surface area contributed by atoms with Crippen molar-refractivity contribution in [1.82, 2.24) is 9.78 Å². The maximum Gasteiger partial charge on any atom is 0.258 e. The molecule has 0 fully saturated rings. The number of carbonyl (C=O) groups excluding carboxylic acids is 1. The van der Waals surface area contributed by atoms with Gasteiger partial charge in [0.2, 0.25) is 5.95 Å². The van der Waals surface area contributed by atoms with Crippen molar-refractivity contribution in [2.75, 3.05) is 0 Å². The number of nitrogens with zero attached hydrogens (tertiary/aromatic N) is 2. The van der Waals surface area contributed by atoms with E-state index in [1.165, 1.54) is 7.05 Å². The summed E-state index contributed by atoms with van der Waals surface area (Å²) in [6.45, 7) is 0. The first-order chi connectivity index (χ1) is 4.63. The molecule has 1 aromatic rings. The van der Waals surface area contributed by atoms with Crippen molar-refractivity contribution >= 4 is 16.8 Å². The molecule has 1 heterocycles. The van der Waals surface area contributed by atoms with Crippen LogP contribution in [-0.2, 0) is 7.05 Å². The SMILES string of the molecule is Cn1ncc(C(=O)Cl)c1F. The lowest BCUT2D eigenvalue weighted by atomic mass is 10.4. The van der Waals surface area contributed by atoms with Crippen molar-refractivity contribution in [2.45, 2.75) is 0 Å². The van der Waals surface area contributed by atoms with E-state index in [1.54, 1.807) is 0 Å². The third kappa shape index (κ3) is 1.02. The molecule has 0 bridgehead atoms. The summed E-state index contributed by atoms with van der Waals surface area (Å²) in [4.78, 5) is 10.4. The smallest absolute Gasteiger partial charge is 0.258 e. The molecular weight excluding hydrogens is 159 g/mol. The Bertz CT molecular complexity index is 271. The number of rotatable bonds is 1. The van der Waals surface area contributed by atoms with Crippen LogP contribution in [0.3, 0.4) is 0 Å². The van der Waals surface area contributed by atoms with Crippen LogP contribution in [0.2, 0.25) is 0 Å². The van der Waals surface area contributed by atoms with Gasteiger partial charge < -0.3 is 0 Å². The Balaban J connectivity index is 3.17. The summed E-state index contributed by atoms with van der Waals surface area (Å²) in [7, 11) is 1.39. The monoisotopic (exact) mass is 162 g/mol. The van der Waals surface area contributed by atoms with Crippen LogP contribution in [0.25, 0.3) is 0 Å². The van der Waals surface area contributed by atoms with Crippen molar-refractivity contribution in [3.05, 3.63) is 17.7 Å². The van der Waals surface area contributed by atoms with Gasteiger partial charge >= 0.3 is 0 Å². The van der Waals surface area contributed by atoms with E-state index in [9.17, 15) is 9.18 Å². The predicted octanol–water partition coefficient (Wildman–Crippen LogP) is 0.938. The minimum absolute atomic E-state index is 0.191. The average molecular weight is 163 g/mol. The molecule has 0 saturated heterocycles. The molecule has 10 heavy (non-hydrogen) atoms. The van der Waals surface area contributed by atoms with Gasteiger partial charge in [-0.1, -0.05) is 0 Å². The molecule has 5 heteroatoms. The fraction of sp³-hybridized carbons (Fsp3) is 0.200. The molecular formula is C5H4ClFN2O. The Hall–Kier alpha value is -0.900. The van der Waals surface area contributed by atoms with E-state index in [0.29, 0.717) is 0 Å².